The first-order chi connectivity index (χ1) is 9.67. The van der Waals surface area contributed by atoms with Crippen LogP contribution in [0, 0.1) is 11.3 Å². The summed E-state index contributed by atoms with van der Waals surface area (Å²) in [6.45, 7) is 5.07. The standard InChI is InChI=1S/C16H20N2O2/c1-3-20-16(19)10-9-14(2)18(12-11-17)13-15-7-5-4-6-8-15/h4-10,14H,3,12-13H2,1-2H3/b10-9+/t14-/m0/s1. The highest BCUT2D eigenvalue weighted by molar-refractivity contribution is 5.81. The average Bonchev–Trinajstić information content (AvgIpc) is 2.46. The molecule has 20 heavy (non-hydrogen) atoms. The predicted molar refractivity (Wildman–Crippen MR) is 77.7 cm³/mol. The molecule has 0 aromatic heterocycles. The zero-order valence-corrected chi connectivity index (χ0v) is 12.0. The van der Waals surface area contributed by atoms with Gasteiger partial charge in [-0.05, 0) is 19.4 Å². The van der Waals surface area contributed by atoms with Crippen LogP contribution < -0.4 is 0 Å². The topological polar surface area (TPSA) is 53.3 Å². The Morgan fingerprint density at radius 3 is 2.75 bits per heavy atom. The summed E-state index contributed by atoms with van der Waals surface area (Å²) in [6.07, 6.45) is 3.18. The lowest BCUT2D eigenvalue weighted by Crippen LogP contribution is -2.31. The summed E-state index contributed by atoms with van der Waals surface area (Å²) in [5.74, 6) is -0.351. The highest BCUT2D eigenvalue weighted by Gasteiger charge is 2.11. The Labute approximate surface area is 120 Å². The molecule has 0 heterocycles. The Kier molecular flexibility index (Phi) is 7.08. The van der Waals surface area contributed by atoms with Gasteiger partial charge in [0.2, 0.25) is 0 Å². The highest BCUT2D eigenvalue weighted by atomic mass is 16.5. The quantitative estimate of drug-likeness (QED) is 0.435. The van der Waals surface area contributed by atoms with Gasteiger partial charge in [0, 0.05) is 18.7 Å². The van der Waals surface area contributed by atoms with Crippen LogP contribution in [-0.2, 0) is 16.1 Å². The Balaban J connectivity index is 2.65. The SMILES string of the molecule is CCOC(=O)/C=C/[C@H](C)N(CC#N)Cc1ccccc1. The minimum absolute atomic E-state index is 0.0146. The zero-order valence-electron chi connectivity index (χ0n) is 12.0. The molecule has 1 aromatic carbocycles. The van der Waals surface area contributed by atoms with Gasteiger partial charge in [0.15, 0.2) is 0 Å². The number of hydrogen-bond acceptors (Lipinski definition) is 4. The number of esters is 1. The van der Waals surface area contributed by atoms with E-state index in [2.05, 4.69) is 6.07 Å². The van der Waals surface area contributed by atoms with Crippen molar-refractivity contribution in [2.75, 3.05) is 13.2 Å². The van der Waals surface area contributed by atoms with Gasteiger partial charge < -0.3 is 4.74 Å². The zero-order chi connectivity index (χ0) is 14.8. The summed E-state index contributed by atoms with van der Waals surface area (Å²) < 4.78 is 4.84. The van der Waals surface area contributed by atoms with Crippen molar-refractivity contribution in [3.63, 3.8) is 0 Å². The Bertz CT molecular complexity index is 477. The number of benzene rings is 1. The Morgan fingerprint density at radius 1 is 1.45 bits per heavy atom. The average molecular weight is 272 g/mol. The summed E-state index contributed by atoms with van der Waals surface area (Å²) in [7, 11) is 0. The molecule has 0 aliphatic rings. The van der Waals surface area contributed by atoms with E-state index < -0.39 is 0 Å². The summed E-state index contributed by atoms with van der Waals surface area (Å²) in [5, 5.41) is 8.92. The minimum Gasteiger partial charge on any atom is -0.463 e. The lowest BCUT2D eigenvalue weighted by molar-refractivity contribution is -0.137. The van der Waals surface area contributed by atoms with E-state index in [1.165, 1.54) is 6.08 Å². The van der Waals surface area contributed by atoms with Crippen molar-refractivity contribution in [3.05, 3.63) is 48.0 Å². The maximum Gasteiger partial charge on any atom is 0.330 e. The molecule has 1 aromatic rings. The van der Waals surface area contributed by atoms with Crippen molar-refractivity contribution in [2.45, 2.75) is 26.4 Å². The fourth-order valence-electron chi connectivity index (χ4n) is 1.78. The van der Waals surface area contributed by atoms with Crippen LogP contribution in [0.4, 0.5) is 0 Å². The number of carbonyl (C=O) groups excluding carboxylic acids is 1. The van der Waals surface area contributed by atoms with Gasteiger partial charge in [-0.15, -0.1) is 0 Å². The molecule has 1 atom stereocenters. The van der Waals surface area contributed by atoms with Crippen LogP contribution >= 0.6 is 0 Å². The molecular formula is C16H20N2O2. The fraction of sp³-hybridized carbons (Fsp3) is 0.375. The first kappa shape index (κ1) is 15.9. The van der Waals surface area contributed by atoms with Gasteiger partial charge in [0.25, 0.3) is 0 Å². The maximum absolute atomic E-state index is 11.3. The Hall–Kier alpha value is -2.12. The molecule has 4 nitrogen and oxygen atoms in total. The van der Waals surface area contributed by atoms with Crippen LogP contribution in [0.2, 0.25) is 0 Å². The van der Waals surface area contributed by atoms with E-state index >= 15 is 0 Å². The summed E-state index contributed by atoms with van der Waals surface area (Å²) in [5.41, 5.74) is 1.14. The maximum atomic E-state index is 11.3. The van der Waals surface area contributed by atoms with Crippen molar-refractivity contribution in [3.8, 4) is 6.07 Å². The number of ether oxygens (including phenoxy) is 1. The lowest BCUT2D eigenvalue weighted by Gasteiger charge is -2.24. The summed E-state index contributed by atoms with van der Waals surface area (Å²) in [4.78, 5) is 13.3. The molecule has 0 saturated heterocycles. The normalized spacial score (nSPS) is 12.3. The second kappa shape index (κ2) is 8.89. The van der Waals surface area contributed by atoms with E-state index in [1.54, 1.807) is 13.0 Å². The second-order valence-electron chi connectivity index (χ2n) is 4.40. The van der Waals surface area contributed by atoms with Gasteiger partial charge in [-0.1, -0.05) is 36.4 Å². The number of nitrogens with zero attached hydrogens (tertiary/aromatic N) is 2. The molecule has 0 unspecified atom stereocenters. The lowest BCUT2D eigenvalue weighted by atomic mass is 10.1. The highest BCUT2D eigenvalue weighted by Crippen LogP contribution is 2.09. The third-order valence-corrected chi connectivity index (χ3v) is 2.88. The molecule has 0 aliphatic heterocycles. The Morgan fingerprint density at radius 2 is 2.15 bits per heavy atom. The second-order valence-corrected chi connectivity index (χ2v) is 4.40. The van der Waals surface area contributed by atoms with Crippen LogP contribution in [0.15, 0.2) is 42.5 Å². The minimum atomic E-state index is -0.351. The van der Waals surface area contributed by atoms with E-state index in [0.29, 0.717) is 19.7 Å². The molecule has 0 fully saturated rings. The fourth-order valence-corrected chi connectivity index (χ4v) is 1.78. The van der Waals surface area contributed by atoms with E-state index in [-0.39, 0.29) is 12.0 Å². The number of carbonyl (C=O) groups is 1. The van der Waals surface area contributed by atoms with Gasteiger partial charge >= 0.3 is 5.97 Å². The molecule has 0 saturated carbocycles. The third kappa shape index (κ3) is 5.68. The van der Waals surface area contributed by atoms with Crippen molar-refractivity contribution in [1.29, 1.82) is 5.26 Å². The van der Waals surface area contributed by atoms with Crippen molar-refractivity contribution < 1.29 is 9.53 Å². The number of nitriles is 1. The predicted octanol–water partition coefficient (Wildman–Crippen LogP) is 2.52. The molecule has 0 spiro atoms. The van der Waals surface area contributed by atoms with Crippen LogP contribution in [0.1, 0.15) is 19.4 Å². The number of rotatable bonds is 7. The van der Waals surface area contributed by atoms with Gasteiger partial charge in [-0.25, -0.2) is 4.79 Å². The van der Waals surface area contributed by atoms with Crippen LogP contribution in [0.25, 0.3) is 0 Å². The molecule has 0 aliphatic carbocycles. The van der Waals surface area contributed by atoms with Crippen molar-refractivity contribution >= 4 is 5.97 Å². The largest absolute Gasteiger partial charge is 0.463 e. The smallest absolute Gasteiger partial charge is 0.330 e. The molecule has 0 amide bonds. The molecular weight excluding hydrogens is 252 g/mol. The van der Waals surface area contributed by atoms with E-state index in [9.17, 15) is 4.79 Å². The van der Waals surface area contributed by atoms with Gasteiger partial charge in [-0.2, -0.15) is 5.26 Å². The van der Waals surface area contributed by atoms with E-state index in [1.807, 2.05) is 42.2 Å². The first-order valence-electron chi connectivity index (χ1n) is 6.67. The van der Waals surface area contributed by atoms with Crippen LogP contribution in [0.5, 0.6) is 0 Å². The first-order valence-corrected chi connectivity index (χ1v) is 6.67. The van der Waals surface area contributed by atoms with Crippen molar-refractivity contribution in [1.82, 2.24) is 4.90 Å². The van der Waals surface area contributed by atoms with Crippen LogP contribution in [0.3, 0.4) is 0 Å². The van der Waals surface area contributed by atoms with Crippen LogP contribution in [-0.4, -0.2) is 30.1 Å². The molecule has 1 rings (SSSR count). The molecule has 0 radical (unpaired) electrons. The number of hydrogen-bond donors (Lipinski definition) is 0. The van der Waals surface area contributed by atoms with Gasteiger partial charge in [-0.3, -0.25) is 4.90 Å². The van der Waals surface area contributed by atoms with Gasteiger partial charge in [0.1, 0.15) is 0 Å². The van der Waals surface area contributed by atoms with Crippen molar-refractivity contribution in [2.24, 2.45) is 0 Å². The molecule has 0 N–H and O–H groups in total. The molecule has 4 heteroatoms. The van der Waals surface area contributed by atoms with E-state index in [4.69, 9.17) is 10.00 Å². The monoisotopic (exact) mass is 272 g/mol. The van der Waals surface area contributed by atoms with E-state index in [0.717, 1.165) is 5.56 Å². The summed E-state index contributed by atoms with van der Waals surface area (Å²) in [6, 6.07) is 12.1. The molecule has 0 bridgehead atoms. The van der Waals surface area contributed by atoms with Gasteiger partial charge in [0.05, 0.1) is 19.2 Å². The molecule has 106 valence electrons. The third-order valence-electron chi connectivity index (χ3n) is 2.88. The summed E-state index contributed by atoms with van der Waals surface area (Å²) >= 11 is 0.